The topological polar surface area (TPSA) is 66.9 Å². The predicted molar refractivity (Wildman–Crippen MR) is 97.9 cm³/mol. The lowest BCUT2D eigenvalue weighted by atomic mass is 10.0. The van der Waals surface area contributed by atoms with E-state index in [0.717, 1.165) is 42.4 Å². The van der Waals surface area contributed by atoms with Crippen LogP contribution in [0.15, 0.2) is 24.3 Å². The van der Waals surface area contributed by atoms with E-state index in [1.165, 1.54) is 16.6 Å². The van der Waals surface area contributed by atoms with Crippen LogP contribution in [0.4, 0.5) is 5.69 Å². The summed E-state index contributed by atoms with van der Waals surface area (Å²) in [6, 6.07) is 8.38. The summed E-state index contributed by atoms with van der Waals surface area (Å²) in [6.07, 6.45) is 0.812. The van der Waals surface area contributed by atoms with Gasteiger partial charge in [0, 0.05) is 17.6 Å². The maximum Gasteiger partial charge on any atom is 0.181 e. The van der Waals surface area contributed by atoms with Crippen LogP contribution in [0, 0.1) is 13.8 Å². The van der Waals surface area contributed by atoms with Gasteiger partial charge in [-0.1, -0.05) is 25.1 Å². The largest absolute Gasteiger partial charge is 0.366 e. The van der Waals surface area contributed by atoms with Crippen molar-refractivity contribution in [2.75, 3.05) is 24.6 Å². The summed E-state index contributed by atoms with van der Waals surface area (Å²) in [5.74, 6) is 1.54. The average Bonchev–Trinajstić information content (AvgIpc) is 3.08. The number of aromatic amines is 1. The highest BCUT2D eigenvalue weighted by Crippen LogP contribution is 2.34. The lowest BCUT2D eigenvalue weighted by Crippen LogP contribution is -2.39. The van der Waals surface area contributed by atoms with Crippen LogP contribution in [0.3, 0.4) is 0 Å². The van der Waals surface area contributed by atoms with Crippen LogP contribution in [0.25, 0.3) is 10.9 Å². The Balaban J connectivity index is 1.76. The number of nitrogens with zero attached hydrogens (tertiary/aromatic N) is 4. The summed E-state index contributed by atoms with van der Waals surface area (Å²) >= 11 is 0. The highest BCUT2D eigenvalue weighted by Gasteiger charge is 2.27. The van der Waals surface area contributed by atoms with Crippen LogP contribution in [0.5, 0.6) is 0 Å². The van der Waals surface area contributed by atoms with Crippen molar-refractivity contribution in [3.05, 3.63) is 47.2 Å². The van der Waals surface area contributed by atoms with E-state index in [1.807, 2.05) is 13.0 Å². The monoisotopic (exact) mass is 337 g/mol. The standard InChI is InChI=1S/C19H23N5O/c1-4-15-12(2)18(14-7-5-6-8-16(14)21-15)24-9-10-25-17(11-24)19-20-13(3)22-23-19/h5-8,17H,4,9-11H2,1-3H3,(H,20,22,23)/t17-/m1/s1. The van der Waals surface area contributed by atoms with E-state index in [-0.39, 0.29) is 6.10 Å². The molecule has 3 heterocycles. The van der Waals surface area contributed by atoms with Crippen molar-refractivity contribution in [1.82, 2.24) is 20.2 Å². The summed E-state index contributed by atoms with van der Waals surface area (Å²) in [4.78, 5) is 11.7. The fourth-order valence-electron chi connectivity index (χ4n) is 3.60. The van der Waals surface area contributed by atoms with Gasteiger partial charge in [-0.05, 0) is 31.9 Å². The molecular weight excluding hydrogens is 314 g/mol. The molecule has 1 N–H and O–H groups in total. The summed E-state index contributed by atoms with van der Waals surface area (Å²) in [7, 11) is 0. The SMILES string of the molecule is CCc1nc2ccccc2c(N2CCO[C@@H](c3n[nH]c(C)n3)C2)c1C. The first kappa shape index (κ1) is 16.0. The maximum absolute atomic E-state index is 5.94. The Morgan fingerprint density at radius 2 is 2.08 bits per heavy atom. The summed E-state index contributed by atoms with van der Waals surface area (Å²) < 4.78 is 5.94. The minimum Gasteiger partial charge on any atom is -0.366 e. The van der Waals surface area contributed by atoms with Crippen molar-refractivity contribution >= 4 is 16.6 Å². The van der Waals surface area contributed by atoms with E-state index in [1.54, 1.807) is 0 Å². The van der Waals surface area contributed by atoms with Gasteiger partial charge < -0.3 is 9.64 Å². The number of hydrogen-bond acceptors (Lipinski definition) is 5. The molecule has 1 fully saturated rings. The predicted octanol–water partition coefficient (Wildman–Crippen LogP) is 3.11. The second-order valence-electron chi connectivity index (χ2n) is 6.49. The number of para-hydroxylation sites is 1. The van der Waals surface area contributed by atoms with Gasteiger partial charge in [-0.15, -0.1) is 0 Å². The molecule has 130 valence electrons. The first-order valence-electron chi connectivity index (χ1n) is 8.81. The molecule has 0 spiro atoms. The molecule has 0 radical (unpaired) electrons. The second-order valence-corrected chi connectivity index (χ2v) is 6.49. The molecule has 2 aromatic heterocycles. The van der Waals surface area contributed by atoms with Crippen molar-refractivity contribution in [3.8, 4) is 0 Å². The van der Waals surface area contributed by atoms with E-state index in [0.29, 0.717) is 6.61 Å². The Bertz CT molecular complexity index is 904. The van der Waals surface area contributed by atoms with Gasteiger partial charge in [-0.25, -0.2) is 4.98 Å². The van der Waals surface area contributed by atoms with E-state index >= 15 is 0 Å². The van der Waals surface area contributed by atoms with Crippen LogP contribution < -0.4 is 4.90 Å². The van der Waals surface area contributed by atoms with Crippen molar-refractivity contribution < 1.29 is 4.74 Å². The van der Waals surface area contributed by atoms with E-state index in [9.17, 15) is 0 Å². The first-order chi connectivity index (χ1) is 12.2. The number of anilines is 1. The van der Waals surface area contributed by atoms with Gasteiger partial charge in [0.25, 0.3) is 0 Å². The number of morpholine rings is 1. The molecular formula is C19H23N5O. The quantitative estimate of drug-likeness (QED) is 0.795. The van der Waals surface area contributed by atoms with E-state index in [2.05, 4.69) is 52.1 Å². The molecule has 0 bridgehead atoms. The molecule has 4 rings (SSSR count). The Hall–Kier alpha value is -2.47. The average molecular weight is 337 g/mol. The Morgan fingerprint density at radius 1 is 1.24 bits per heavy atom. The molecule has 1 atom stereocenters. The third kappa shape index (κ3) is 2.87. The molecule has 6 nitrogen and oxygen atoms in total. The van der Waals surface area contributed by atoms with Gasteiger partial charge in [0.15, 0.2) is 5.82 Å². The fraction of sp³-hybridized carbons (Fsp3) is 0.421. The highest BCUT2D eigenvalue weighted by atomic mass is 16.5. The molecule has 25 heavy (non-hydrogen) atoms. The number of hydrogen-bond donors (Lipinski definition) is 1. The zero-order valence-corrected chi connectivity index (χ0v) is 14.9. The van der Waals surface area contributed by atoms with Crippen molar-refractivity contribution in [2.45, 2.75) is 33.3 Å². The van der Waals surface area contributed by atoms with Gasteiger partial charge in [-0.3, -0.25) is 10.1 Å². The van der Waals surface area contributed by atoms with Crippen LogP contribution >= 0.6 is 0 Å². The summed E-state index contributed by atoms with van der Waals surface area (Å²) in [5.41, 5.74) is 4.73. The molecule has 3 aromatic rings. The molecule has 0 unspecified atom stereocenters. The number of fused-ring (bicyclic) bond motifs is 1. The number of ether oxygens (including phenoxy) is 1. The van der Waals surface area contributed by atoms with Crippen molar-refractivity contribution in [1.29, 1.82) is 0 Å². The zero-order valence-electron chi connectivity index (χ0n) is 14.9. The lowest BCUT2D eigenvalue weighted by molar-refractivity contribution is 0.0343. The Labute approximate surface area is 147 Å². The van der Waals surface area contributed by atoms with Crippen LogP contribution in [-0.2, 0) is 11.2 Å². The number of benzene rings is 1. The number of pyridine rings is 1. The molecule has 1 saturated heterocycles. The van der Waals surface area contributed by atoms with Gasteiger partial charge in [-0.2, -0.15) is 5.10 Å². The molecule has 0 saturated carbocycles. The zero-order chi connectivity index (χ0) is 17.4. The molecule has 6 heteroatoms. The molecule has 0 amide bonds. The fourth-order valence-corrected chi connectivity index (χ4v) is 3.60. The number of nitrogens with one attached hydrogen (secondary N) is 1. The highest BCUT2D eigenvalue weighted by molar-refractivity contribution is 5.94. The number of rotatable bonds is 3. The maximum atomic E-state index is 5.94. The second kappa shape index (κ2) is 6.44. The number of aromatic nitrogens is 4. The van der Waals surface area contributed by atoms with Crippen LogP contribution in [-0.4, -0.2) is 39.9 Å². The molecule has 1 aromatic carbocycles. The smallest absolute Gasteiger partial charge is 0.181 e. The van der Waals surface area contributed by atoms with Gasteiger partial charge >= 0.3 is 0 Å². The normalized spacial score (nSPS) is 18.0. The van der Waals surface area contributed by atoms with Gasteiger partial charge in [0.1, 0.15) is 11.9 Å². The van der Waals surface area contributed by atoms with Gasteiger partial charge in [0.05, 0.1) is 24.4 Å². The number of H-pyrrole nitrogens is 1. The molecule has 1 aliphatic heterocycles. The van der Waals surface area contributed by atoms with E-state index < -0.39 is 0 Å². The summed E-state index contributed by atoms with van der Waals surface area (Å²) in [5, 5.41) is 8.39. The molecule has 0 aliphatic carbocycles. The Kier molecular flexibility index (Phi) is 4.13. The van der Waals surface area contributed by atoms with Crippen LogP contribution in [0.2, 0.25) is 0 Å². The Morgan fingerprint density at radius 3 is 2.84 bits per heavy atom. The third-order valence-corrected chi connectivity index (χ3v) is 4.82. The first-order valence-corrected chi connectivity index (χ1v) is 8.81. The van der Waals surface area contributed by atoms with Crippen molar-refractivity contribution in [3.63, 3.8) is 0 Å². The van der Waals surface area contributed by atoms with Gasteiger partial charge in [0.2, 0.25) is 0 Å². The minimum absolute atomic E-state index is 0.116. The molecule has 1 aliphatic rings. The third-order valence-electron chi connectivity index (χ3n) is 4.82. The lowest BCUT2D eigenvalue weighted by Gasteiger charge is -2.35. The van der Waals surface area contributed by atoms with Crippen molar-refractivity contribution in [2.24, 2.45) is 0 Å². The van der Waals surface area contributed by atoms with E-state index in [4.69, 9.17) is 9.72 Å². The summed E-state index contributed by atoms with van der Waals surface area (Å²) in [6.45, 7) is 8.51. The minimum atomic E-state index is -0.116. The number of aryl methyl sites for hydroxylation is 2. The van der Waals surface area contributed by atoms with Crippen LogP contribution in [0.1, 0.15) is 35.9 Å².